The van der Waals surface area contributed by atoms with Crippen molar-refractivity contribution in [3.63, 3.8) is 0 Å². The van der Waals surface area contributed by atoms with E-state index >= 15 is 0 Å². The first-order valence-corrected chi connectivity index (χ1v) is 9.64. The third-order valence-corrected chi connectivity index (χ3v) is 5.43. The Kier molecular flexibility index (Phi) is 5.10. The molecule has 1 unspecified atom stereocenters. The molecule has 2 aliphatic carbocycles. The topological polar surface area (TPSA) is 46.5 Å². The van der Waals surface area contributed by atoms with E-state index in [0.29, 0.717) is 6.42 Å². The third-order valence-electron chi connectivity index (χ3n) is 5.43. The Morgan fingerprint density at radius 2 is 1.85 bits per heavy atom. The van der Waals surface area contributed by atoms with Crippen LogP contribution in [0.2, 0.25) is 0 Å². The van der Waals surface area contributed by atoms with Crippen molar-refractivity contribution in [1.29, 1.82) is 0 Å². The monoisotopic (exact) mass is 360 g/mol. The van der Waals surface area contributed by atoms with E-state index < -0.39 is 5.97 Å². The Hall–Kier alpha value is -2.81. The van der Waals surface area contributed by atoms with Crippen molar-refractivity contribution in [2.24, 2.45) is 0 Å². The number of aliphatic carboxylic acids is 1. The van der Waals surface area contributed by atoms with Gasteiger partial charge in [0.1, 0.15) is 6.10 Å². The first-order chi connectivity index (χ1) is 13.2. The number of carboxylic acids is 1. The molecule has 0 fully saturated rings. The minimum absolute atomic E-state index is 0.115. The van der Waals surface area contributed by atoms with E-state index in [9.17, 15) is 4.79 Å². The van der Waals surface area contributed by atoms with Gasteiger partial charge in [-0.05, 0) is 60.1 Å². The Balaban J connectivity index is 1.48. The number of carbonyl (C=O) groups is 1. The summed E-state index contributed by atoms with van der Waals surface area (Å²) in [5.41, 5.74) is 6.35. The van der Waals surface area contributed by atoms with Crippen LogP contribution in [0, 0.1) is 0 Å². The molecule has 0 amide bonds. The lowest BCUT2D eigenvalue weighted by molar-refractivity contribution is -0.136. The van der Waals surface area contributed by atoms with Crippen LogP contribution in [0.1, 0.15) is 49.3 Å². The second-order valence-electron chi connectivity index (χ2n) is 7.28. The standard InChI is InChI=1S/C24H24O3/c25-24(26)15-8-17-6-12-21(13-7-17)27-23-14-11-19-9-10-20(16-22(19)23)18-4-2-1-3-5-18/h1-6,9-10,12,16,23H,7-8,11,13-15H2,(H,25,26). The number of allylic oxidation sites excluding steroid dienone is 4. The van der Waals surface area contributed by atoms with Crippen LogP contribution in [0.25, 0.3) is 11.1 Å². The number of carboxylic acid groups (broad SMARTS) is 1. The molecule has 2 aromatic rings. The van der Waals surface area contributed by atoms with Crippen molar-refractivity contribution in [2.45, 2.75) is 44.6 Å². The van der Waals surface area contributed by atoms with Crippen molar-refractivity contribution in [1.82, 2.24) is 0 Å². The fourth-order valence-electron chi connectivity index (χ4n) is 3.91. The van der Waals surface area contributed by atoms with Crippen LogP contribution in [0.4, 0.5) is 0 Å². The molecule has 3 heteroatoms. The molecule has 2 aromatic carbocycles. The second kappa shape index (κ2) is 7.83. The van der Waals surface area contributed by atoms with E-state index in [0.717, 1.165) is 31.4 Å². The van der Waals surface area contributed by atoms with Gasteiger partial charge in [0.05, 0.1) is 5.76 Å². The summed E-state index contributed by atoms with van der Waals surface area (Å²) in [6, 6.07) is 17.2. The normalized spacial score (nSPS) is 18.4. The van der Waals surface area contributed by atoms with Crippen LogP contribution >= 0.6 is 0 Å². The Bertz CT molecular complexity index is 893. The average molecular weight is 360 g/mol. The fourth-order valence-corrected chi connectivity index (χ4v) is 3.91. The van der Waals surface area contributed by atoms with Crippen molar-refractivity contribution < 1.29 is 14.6 Å². The molecule has 0 heterocycles. The molecule has 0 radical (unpaired) electrons. The first kappa shape index (κ1) is 17.6. The minimum atomic E-state index is -0.737. The van der Waals surface area contributed by atoms with Crippen LogP contribution < -0.4 is 0 Å². The van der Waals surface area contributed by atoms with Gasteiger partial charge in [0.25, 0.3) is 0 Å². The molecule has 3 nitrogen and oxygen atoms in total. The van der Waals surface area contributed by atoms with Crippen LogP contribution in [0.5, 0.6) is 0 Å². The van der Waals surface area contributed by atoms with Crippen LogP contribution in [-0.4, -0.2) is 11.1 Å². The number of hydrogen-bond donors (Lipinski definition) is 1. The van der Waals surface area contributed by atoms with Crippen molar-refractivity contribution >= 4 is 5.97 Å². The van der Waals surface area contributed by atoms with Crippen molar-refractivity contribution in [3.8, 4) is 11.1 Å². The smallest absolute Gasteiger partial charge is 0.303 e. The van der Waals surface area contributed by atoms with Gasteiger partial charge in [-0.25, -0.2) is 0 Å². The minimum Gasteiger partial charge on any atom is -0.490 e. The van der Waals surface area contributed by atoms with Gasteiger partial charge in [-0.3, -0.25) is 4.79 Å². The molecular weight excluding hydrogens is 336 g/mol. The highest BCUT2D eigenvalue weighted by molar-refractivity contribution is 5.67. The highest BCUT2D eigenvalue weighted by Crippen LogP contribution is 2.39. The lowest BCUT2D eigenvalue weighted by Crippen LogP contribution is -2.04. The molecule has 0 bridgehead atoms. The van der Waals surface area contributed by atoms with E-state index in [-0.39, 0.29) is 12.5 Å². The summed E-state index contributed by atoms with van der Waals surface area (Å²) in [6.45, 7) is 0. The highest BCUT2D eigenvalue weighted by Gasteiger charge is 2.25. The maximum atomic E-state index is 10.7. The molecular formula is C24H24O3. The number of fused-ring (bicyclic) bond motifs is 1. The molecule has 1 atom stereocenters. The second-order valence-corrected chi connectivity index (χ2v) is 7.28. The molecule has 4 rings (SSSR count). The van der Waals surface area contributed by atoms with Crippen molar-refractivity contribution in [2.75, 3.05) is 0 Å². The summed E-state index contributed by atoms with van der Waals surface area (Å²) in [5, 5.41) is 8.82. The molecule has 1 N–H and O–H groups in total. The lowest BCUT2D eigenvalue weighted by atomic mass is 9.98. The third kappa shape index (κ3) is 4.13. The van der Waals surface area contributed by atoms with E-state index in [1.54, 1.807) is 0 Å². The molecule has 138 valence electrons. The Labute approximate surface area is 160 Å². The molecule has 0 saturated heterocycles. The molecule has 0 saturated carbocycles. The quantitative estimate of drug-likeness (QED) is 0.705. The summed E-state index contributed by atoms with van der Waals surface area (Å²) in [6.07, 6.45) is 8.84. The number of hydrogen-bond acceptors (Lipinski definition) is 2. The summed E-state index contributed by atoms with van der Waals surface area (Å²) in [5.74, 6) is 0.274. The summed E-state index contributed by atoms with van der Waals surface area (Å²) < 4.78 is 6.34. The Morgan fingerprint density at radius 1 is 1.00 bits per heavy atom. The van der Waals surface area contributed by atoms with Gasteiger partial charge in [0, 0.05) is 12.8 Å². The lowest BCUT2D eigenvalue weighted by Gasteiger charge is -2.21. The van der Waals surface area contributed by atoms with Gasteiger partial charge in [-0.1, -0.05) is 54.1 Å². The fraction of sp³-hybridized carbons (Fsp3) is 0.292. The highest BCUT2D eigenvalue weighted by atomic mass is 16.5. The summed E-state index contributed by atoms with van der Waals surface area (Å²) in [4.78, 5) is 10.7. The average Bonchev–Trinajstić information content (AvgIpc) is 3.10. The maximum absolute atomic E-state index is 10.7. The number of rotatable bonds is 6. The van der Waals surface area contributed by atoms with E-state index in [1.165, 1.54) is 27.8 Å². The van der Waals surface area contributed by atoms with Gasteiger partial charge < -0.3 is 9.84 Å². The summed E-state index contributed by atoms with van der Waals surface area (Å²) in [7, 11) is 0. The van der Waals surface area contributed by atoms with E-state index in [2.05, 4.69) is 42.5 Å². The van der Waals surface area contributed by atoms with Crippen LogP contribution in [0.3, 0.4) is 0 Å². The molecule has 0 aliphatic heterocycles. The predicted octanol–water partition coefficient (Wildman–Crippen LogP) is 5.83. The zero-order valence-corrected chi connectivity index (χ0v) is 15.4. The van der Waals surface area contributed by atoms with Gasteiger partial charge >= 0.3 is 5.97 Å². The number of aryl methyl sites for hydroxylation is 1. The maximum Gasteiger partial charge on any atom is 0.303 e. The van der Waals surface area contributed by atoms with Crippen LogP contribution in [-0.2, 0) is 16.0 Å². The molecule has 0 spiro atoms. The largest absolute Gasteiger partial charge is 0.490 e. The predicted molar refractivity (Wildman–Crippen MR) is 106 cm³/mol. The number of benzene rings is 2. The number of ether oxygens (including phenoxy) is 1. The first-order valence-electron chi connectivity index (χ1n) is 9.64. The SMILES string of the molecule is O=C(O)CCC1=CC=C(OC2CCc3ccc(-c4ccccc4)cc32)CC1. The zero-order valence-electron chi connectivity index (χ0n) is 15.4. The van der Waals surface area contributed by atoms with Gasteiger partial charge in [0.15, 0.2) is 0 Å². The van der Waals surface area contributed by atoms with E-state index in [1.807, 2.05) is 18.2 Å². The van der Waals surface area contributed by atoms with Gasteiger partial charge in [-0.2, -0.15) is 0 Å². The zero-order chi connectivity index (χ0) is 18.6. The molecule has 27 heavy (non-hydrogen) atoms. The molecule has 0 aromatic heterocycles. The van der Waals surface area contributed by atoms with Crippen molar-refractivity contribution in [3.05, 3.63) is 83.1 Å². The van der Waals surface area contributed by atoms with Gasteiger partial charge in [0.2, 0.25) is 0 Å². The van der Waals surface area contributed by atoms with Crippen LogP contribution in [0.15, 0.2) is 72.0 Å². The Morgan fingerprint density at radius 3 is 2.59 bits per heavy atom. The molecule has 2 aliphatic rings. The van der Waals surface area contributed by atoms with E-state index in [4.69, 9.17) is 9.84 Å². The van der Waals surface area contributed by atoms with Gasteiger partial charge in [-0.15, -0.1) is 0 Å². The summed E-state index contributed by atoms with van der Waals surface area (Å²) >= 11 is 0.